The van der Waals surface area contributed by atoms with Crippen molar-refractivity contribution in [2.75, 3.05) is 20.2 Å². The fourth-order valence-corrected chi connectivity index (χ4v) is 4.00. The molecule has 3 heterocycles. The maximum absolute atomic E-state index is 12.7. The topological polar surface area (TPSA) is 94.5 Å². The van der Waals surface area contributed by atoms with E-state index in [9.17, 15) is 8.42 Å². The highest BCUT2D eigenvalue weighted by molar-refractivity contribution is 7.89. The van der Waals surface area contributed by atoms with Gasteiger partial charge in [0.05, 0.1) is 26.0 Å². The molecule has 0 unspecified atom stereocenters. The third-order valence-corrected chi connectivity index (χ3v) is 5.55. The monoisotopic (exact) mass is 350 g/mol. The molecule has 1 atom stereocenters. The van der Waals surface area contributed by atoms with Crippen LogP contribution in [-0.2, 0) is 10.0 Å². The van der Waals surface area contributed by atoms with E-state index in [4.69, 9.17) is 9.47 Å². The van der Waals surface area contributed by atoms with Crippen LogP contribution in [-0.4, -0.2) is 54.0 Å². The Kier molecular flexibility index (Phi) is 4.91. The number of methoxy groups -OCH3 is 1. The highest BCUT2D eigenvalue weighted by atomic mass is 32.2. The van der Waals surface area contributed by atoms with Gasteiger partial charge in [0.25, 0.3) is 0 Å². The van der Waals surface area contributed by atoms with Crippen LogP contribution in [0.2, 0.25) is 0 Å². The molecule has 2 aromatic rings. The predicted octanol–water partition coefficient (Wildman–Crippen LogP) is 1.11. The number of aromatic nitrogens is 3. The number of hydrogen-bond donors (Lipinski definition) is 0. The zero-order valence-electron chi connectivity index (χ0n) is 13.2. The molecule has 1 aliphatic heterocycles. The number of pyridine rings is 1. The maximum atomic E-state index is 12.7. The lowest BCUT2D eigenvalue weighted by Gasteiger charge is -2.31. The lowest BCUT2D eigenvalue weighted by Crippen LogP contribution is -2.44. The summed E-state index contributed by atoms with van der Waals surface area (Å²) in [5.74, 6) is 0.670. The highest BCUT2D eigenvalue weighted by Gasteiger charge is 2.31. The first-order chi connectivity index (χ1) is 11.6. The number of sulfonamides is 1. The quantitative estimate of drug-likeness (QED) is 0.797. The van der Waals surface area contributed by atoms with E-state index in [1.807, 2.05) is 0 Å². The minimum atomic E-state index is -3.57. The number of ether oxygens (including phenoxy) is 2. The fourth-order valence-electron chi connectivity index (χ4n) is 2.53. The average Bonchev–Trinajstić information content (AvgIpc) is 2.63. The van der Waals surface area contributed by atoms with Crippen molar-refractivity contribution < 1.29 is 17.9 Å². The summed E-state index contributed by atoms with van der Waals surface area (Å²) in [6, 6.07) is 3.15. The molecule has 0 radical (unpaired) electrons. The summed E-state index contributed by atoms with van der Waals surface area (Å²) in [6.45, 7) is 0.719. The van der Waals surface area contributed by atoms with Crippen LogP contribution in [0.25, 0.3) is 0 Å². The molecule has 0 spiro atoms. The second kappa shape index (κ2) is 7.10. The number of piperidine rings is 1. The molecule has 0 aromatic carbocycles. The minimum absolute atomic E-state index is 0.187. The molecular weight excluding hydrogens is 332 g/mol. The van der Waals surface area contributed by atoms with Crippen molar-refractivity contribution in [3.8, 4) is 11.8 Å². The van der Waals surface area contributed by atoms with Gasteiger partial charge in [-0.25, -0.2) is 8.42 Å². The fraction of sp³-hybridized carbons (Fsp3) is 0.400. The van der Waals surface area contributed by atoms with Crippen molar-refractivity contribution in [1.29, 1.82) is 0 Å². The first kappa shape index (κ1) is 16.6. The molecule has 1 fully saturated rings. The van der Waals surface area contributed by atoms with Crippen LogP contribution in [0.4, 0.5) is 0 Å². The molecule has 2 aromatic heterocycles. The Morgan fingerprint density at radius 2 is 2.04 bits per heavy atom. The van der Waals surface area contributed by atoms with Crippen LogP contribution < -0.4 is 9.47 Å². The molecule has 0 aliphatic carbocycles. The van der Waals surface area contributed by atoms with E-state index in [2.05, 4.69) is 15.0 Å². The van der Waals surface area contributed by atoms with Gasteiger partial charge in [-0.1, -0.05) is 0 Å². The van der Waals surface area contributed by atoms with Crippen molar-refractivity contribution in [3.05, 3.63) is 36.9 Å². The van der Waals surface area contributed by atoms with E-state index in [0.717, 1.165) is 6.42 Å². The molecule has 24 heavy (non-hydrogen) atoms. The Morgan fingerprint density at radius 3 is 2.79 bits per heavy atom. The van der Waals surface area contributed by atoms with Gasteiger partial charge in [0.15, 0.2) is 0 Å². The van der Waals surface area contributed by atoms with Gasteiger partial charge in [0, 0.05) is 18.9 Å². The lowest BCUT2D eigenvalue weighted by molar-refractivity contribution is 0.123. The smallest absolute Gasteiger partial charge is 0.244 e. The summed E-state index contributed by atoms with van der Waals surface area (Å²) in [5.41, 5.74) is 0. The number of hydrogen-bond acceptors (Lipinski definition) is 7. The van der Waals surface area contributed by atoms with E-state index < -0.39 is 10.0 Å². The number of nitrogens with zero attached hydrogens (tertiary/aromatic N) is 4. The maximum Gasteiger partial charge on any atom is 0.244 e. The molecule has 0 bridgehead atoms. The third kappa shape index (κ3) is 3.62. The zero-order chi connectivity index (χ0) is 17.0. The molecule has 0 N–H and O–H groups in total. The van der Waals surface area contributed by atoms with Gasteiger partial charge in [-0.2, -0.15) is 9.29 Å². The molecule has 1 aliphatic rings. The molecule has 128 valence electrons. The number of rotatable bonds is 5. The highest BCUT2D eigenvalue weighted by Crippen LogP contribution is 2.23. The Bertz CT molecular complexity index is 785. The van der Waals surface area contributed by atoms with Gasteiger partial charge in [0.2, 0.25) is 21.8 Å². The van der Waals surface area contributed by atoms with Crippen LogP contribution in [0.3, 0.4) is 0 Å². The SMILES string of the molecule is COc1cncc(O[C@H]2CCCN(S(=O)(=O)c3cccnc3)C2)n1. The van der Waals surface area contributed by atoms with Crippen molar-refractivity contribution in [2.24, 2.45) is 0 Å². The minimum Gasteiger partial charge on any atom is -0.480 e. The largest absolute Gasteiger partial charge is 0.480 e. The molecule has 0 saturated carbocycles. The zero-order valence-corrected chi connectivity index (χ0v) is 14.0. The van der Waals surface area contributed by atoms with Crippen LogP contribution in [0.5, 0.6) is 11.8 Å². The van der Waals surface area contributed by atoms with Gasteiger partial charge in [0.1, 0.15) is 11.0 Å². The van der Waals surface area contributed by atoms with E-state index >= 15 is 0 Å². The van der Waals surface area contributed by atoms with Crippen molar-refractivity contribution >= 4 is 10.0 Å². The van der Waals surface area contributed by atoms with Crippen LogP contribution in [0.15, 0.2) is 41.8 Å². The van der Waals surface area contributed by atoms with Crippen LogP contribution >= 0.6 is 0 Å². The van der Waals surface area contributed by atoms with Crippen molar-refractivity contribution in [3.63, 3.8) is 0 Å². The van der Waals surface area contributed by atoms with Crippen LogP contribution in [0.1, 0.15) is 12.8 Å². The van der Waals surface area contributed by atoms with E-state index in [-0.39, 0.29) is 17.5 Å². The van der Waals surface area contributed by atoms with E-state index in [1.54, 1.807) is 18.3 Å². The molecule has 9 heteroatoms. The van der Waals surface area contributed by atoms with Crippen molar-refractivity contribution in [1.82, 2.24) is 19.3 Å². The Labute approximate surface area is 140 Å². The molecule has 8 nitrogen and oxygen atoms in total. The van der Waals surface area contributed by atoms with Gasteiger partial charge in [-0.05, 0) is 25.0 Å². The van der Waals surface area contributed by atoms with Crippen molar-refractivity contribution in [2.45, 2.75) is 23.8 Å². The van der Waals surface area contributed by atoms with E-state index in [0.29, 0.717) is 24.7 Å². The lowest BCUT2D eigenvalue weighted by atomic mass is 10.1. The van der Waals surface area contributed by atoms with Gasteiger partial charge < -0.3 is 9.47 Å². The van der Waals surface area contributed by atoms with Gasteiger partial charge in [-0.3, -0.25) is 9.97 Å². The van der Waals surface area contributed by atoms with Crippen LogP contribution in [0, 0.1) is 0 Å². The Hall–Kier alpha value is -2.26. The predicted molar refractivity (Wildman–Crippen MR) is 85.2 cm³/mol. The first-order valence-electron chi connectivity index (χ1n) is 7.52. The molecular formula is C15H18N4O4S. The molecule has 1 saturated heterocycles. The first-order valence-corrected chi connectivity index (χ1v) is 8.96. The Morgan fingerprint density at radius 1 is 1.21 bits per heavy atom. The summed E-state index contributed by atoms with van der Waals surface area (Å²) >= 11 is 0. The standard InChI is InChI=1S/C15H18N4O4S/c1-22-14-9-17-10-15(18-14)23-12-4-3-7-19(11-12)24(20,21)13-5-2-6-16-8-13/h2,5-6,8-10,12H,3-4,7,11H2,1H3/t12-/m0/s1. The van der Waals surface area contributed by atoms with Gasteiger partial charge >= 0.3 is 0 Å². The third-order valence-electron chi connectivity index (χ3n) is 3.70. The second-order valence-electron chi connectivity index (χ2n) is 5.33. The summed E-state index contributed by atoms with van der Waals surface area (Å²) < 4.78 is 37.6. The summed E-state index contributed by atoms with van der Waals surface area (Å²) in [6.07, 6.45) is 7.03. The summed E-state index contributed by atoms with van der Waals surface area (Å²) in [5, 5.41) is 0. The van der Waals surface area contributed by atoms with Gasteiger partial charge in [-0.15, -0.1) is 0 Å². The summed E-state index contributed by atoms with van der Waals surface area (Å²) in [7, 11) is -2.07. The molecule has 3 rings (SSSR count). The second-order valence-corrected chi connectivity index (χ2v) is 7.27. The van der Waals surface area contributed by atoms with E-state index in [1.165, 1.54) is 30.0 Å². The Balaban J connectivity index is 1.72. The summed E-state index contributed by atoms with van der Waals surface area (Å²) in [4.78, 5) is 12.2. The normalized spacial score (nSPS) is 19.0. The average molecular weight is 350 g/mol. The molecule has 0 amide bonds.